The Bertz CT molecular complexity index is 872. The molecule has 2 aromatic rings. The molecule has 148 valence electrons. The first-order valence-corrected chi connectivity index (χ1v) is 10.3. The standard InChI is InChI=1S/C16H25N7O3S/c1-12-10-14(23-6-8-26-9-7-23)21-16(19-12)17-4-5-18-27(24,25)15-11-22(3)13(2)20-15/h10-11,18H,4-9H2,1-3H3,(H,17,19,21). The third-order valence-electron chi connectivity index (χ3n) is 4.24. The third-order valence-corrected chi connectivity index (χ3v) is 5.57. The summed E-state index contributed by atoms with van der Waals surface area (Å²) >= 11 is 0. The Morgan fingerprint density at radius 1 is 1.15 bits per heavy atom. The number of hydrogen-bond acceptors (Lipinski definition) is 8. The lowest BCUT2D eigenvalue weighted by molar-refractivity contribution is 0.122. The van der Waals surface area contributed by atoms with E-state index >= 15 is 0 Å². The van der Waals surface area contributed by atoms with Gasteiger partial charge in [0.05, 0.1) is 13.2 Å². The van der Waals surface area contributed by atoms with Crippen LogP contribution in [0, 0.1) is 13.8 Å². The second-order valence-electron chi connectivity index (χ2n) is 6.35. The van der Waals surface area contributed by atoms with Crippen LogP contribution < -0.4 is 14.9 Å². The Kier molecular flexibility index (Phi) is 5.92. The van der Waals surface area contributed by atoms with Crippen LogP contribution in [0.2, 0.25) is 0 Å². The van der Waals surface area contributed by atoms with E-state index < -0.39 is 10.0 Å². The van der Waals surface area contributed by atoms with Gasteiger partial charge in [-0.1, -0.05) is 0 Å². The summed E-state index contributed by atoms with van der Waals surface area (Å²) in [5, 5.41) is 3.09. The highest BCUT2D eigenvalue weighted by Crippen LogP contribution is 2.16. The summed E-state index contributed by atoms with van der Waals surface area (Å²) in [5.41, 5.74) is 0.846. The maximum absolute atomic E-state index is 12.3. The molecule has 0 aromatic carbocycles. The molecule has 0 aliphatic carbocycles. The first-order valence-electron chi connectivity index (χ1n) is 8.77. The molecule has 0 atom stereocenters. The lowest BCUT2D eigenvalue weighted by Crippen LogP contribution is -2.37. The van der Waals surface area contributed by atoms with Gasteiger partial charge < -0.3 is 19.5 Å². The molecule has 1 aliphatic heterocycles. The minimum Gasteiger partial charge on any atom is -0.378 e. The van der Waals surface area contributed by atoms with Crippen molar-refractivity contribution in [2.24, 2.45) is 7.05 Å². The number of aromatic nitrogens is 4. The highest BCUT2D eigenvalue weighted by atomic mass is 32.2. The van der Waals surface area contributed by atoms with Gasteiger partial charge in [-0.25, -0.2) is 23.1 Å². The maximum atomic E-state index is 12.3. The average Bonchev–Trinajstić information content (AvgIpc) is 2.99. The zero-order valence-electron chi connectivity index (χ0n) is 15.8. The van der Waals surface area contributed by atoms with Crippen molar-refractivity contribution in [3.8, 4) is 0 Å². The molecule has 0 unspecified atom stereocenters. The van der Waals surface area contributed by atoms with E-state index in [1.165, 1.54) is 6.20 Å². The van der Waals surface area contributed by atoms with Crippen LogP contribution in [0.15, 0.2) is 17.3 Å². The molecular weight excluding hydrogens is 370 g/mol. The molecule has 11 heteroatoms. The van der Waals surface area contributed by atoms with Crippen molar-refractivity contribution in [3.63, 3.8) is 0 Å². The van der Waals surface area contributed by atoms with Gasteiger partial charge in [-0.2, -0.15) is 4.98 Å². The number of ether oxygens (including phenoxy) is 1. The molecule has 0 amide bonds. The Morgan fingerprint density at radius 2 is 1.89 bits per heavy atom. The first kappa shape index (κ1) is 19.5. The summed E-state index contributed by atoms with van der Waals surface area (Å²) in [7, 11) is -1.88. The van der Waals surface area contributed by atoms with Gasteiger partial charge in [0.1, 0.15) is 11.6 Å². The highest BCUT2D eigenvalue weighted by Gasteiger charge is 2.18. The molecular formula is C16H25N7O3S. The van der Waals surface area contributed by atoms with Gasteiger partial charge in [0.25, 0.3) is 10.0 Å². The quantitative estimate of drug-likeness (QED) is 0.633. The van der Waals surface area contributed by atoms with E-state index in [0.717, 1.165) is 24.6 Å². The van der Waals surface area contributed by atoms with Crippen molar-refractivity contribution in [3.05, 3.63) is 23.8 Å². The van der Waals surface area contributed by atoms with Gasteiger partial charge in [0, 0.05) is 51.2 Å². The molecule has 2 aromatic heterocycles. The topological polar surface area (TPSA) is 114 Å². The van der Waals surface area contributed by atoms with Crippen LogP contribution in [0.5, 0.6) is 0 Å². The highest BCUT2D eigenvalue weighted by molar-refractivity contribution is 7.89. The summed E-state index contributed by atoms with van der Waals surface area (Å²) in [6.07, 6.45) is 1.49. The van der Waals surface area contributed by atoms with Crippen LogP contribution in [-0.4, -0.2) is 67.3 Å². The number of imidazole rings is 1. The van der Waals surface area contributed by atoms with Gasteiger partial charge in [0.15, 0.2) is 5.03 Å². The molecule has 1 aliphatic rings. The summed E-state index contributed by atoms with van der Waals surface area (Å²) in [5.74, 6) is 1.96. The van der Waals surface area contributed by atoms with E-state index in [2.05, 4.69) is 29.9 Å². The molecule has 0 saturated carbocycles. The van der Waals surface area contributed by atoms with Crippen molar-refractivity contribution >= 4 is 21.8 Å². The van der Waals surface area contributed by atoms with Gasteiger partial charge in [0.2, 0.25) is 5.95 Å². The Morgan fingerprint density at radius 3 is 2.56 bits per heavy atom. The van der Waals surface area contributed by atoms with Crippen LogP contribution >= 0.6 is 0 Å². The van der Waals surface area contributed by atoms with Crippen molar-refractivity contribution < 1.29 is 13.2 Å². The lowest BCUT2D eigenvalue weighted by Gasteiger charge is -2.28. The van der Waals surface area contributed by atoms with E-state index in [9.17, 15) is 8.42 Å². The zero-order chi connectivity index (χ0) is 19.4. The Balaban J connectivity index is 1.56. The molecule has 3 rings (SSSR count). The molecule has 1 fully saturated rings. The van der Waals surface area contributed by atoms with Crippen LogP contribution in [0.4, 0.5) is 11.8 Å². The van der Waals surface area contributed by atoms with Crippen molar-refractivity contribution in [2.75, 3.05) is 49.6 Å². The van der Waals surface area contributed by atoms with E-state index in [4.69, 9.17) is 4.74 Å². The normalized spacial score (nSPS) is 15.1. The van der Waals surface area contributed by atoms with Crippen LogP contribution in [0.25, 0.3) is 0 Å². The largest absolute Gasteiger partial charge is 0.378 e. The van der Waals surface area contributed by atoms with Gasteiger partial charge in [-0.3, -0.25) is 0 Å². The van der Waals surface area contributed by atoms with Crippen molar-refractivity contribution in [2.45, 2.75) is 18.9 Å². The average molecular weight is 395 g/mol. The summed E-state index contributed by atoms with van der Waals surface area (Å²) < 4.78 is 34.1. The summed E-state index contributed by atoms with van der Waals surface area (Å²) in [6.45, 7) is 7.16. The van der Waals surface area contributed by atoms with E-state index in [0.29, 0.717) is 31.5 Å². The van der Waals surface area contributed by atoms with E-state index in [-0.39, 0.29) is 11.6 Å². The smallest absolute Gasteiger partial charge is 0.259 e. The molecule has 2 N–H and O–H groups in total. The minimum absolute atomic E-state index is 0.0175. The number of rotatable bonds is 7. The lowest BCUT2D eigenvalue weighted by atomic mass is 10.3. The van der Waals surface area contributed by atoms with Crippen molar-refractivity contribution in [1.82, 2.24) is 24.2 Å². The molecule has 3 heterocycles. The fourth-order valence-corrected chi connectivity index (χ4v) is 3.74. The zero-order valence-corrected chi connectivity index (χ0v) is 16.6. The number of morpholine rings is 1. The number of hydrogen-bond donors (Lipinski definition) is 2. The van der Waals surface area contributed by atoms with Crippen molar-refractivity contribution in [1.29, 1.82) is 0 Å². The predicted octanol–water partition coefficient (Wildman–Crippen LogP) is 0.0539. The third kappa shape index (κ3) is 4.93. The first-order chi connectivity index (χ1) is 12.8. The molecule has 1 saturated heterocycles. The van der Waals surface area contributed by atoms with Gasteiger partial charge in [-0.15, -0.1) is 0 Å². The number of anilines is 2. The fourth-order valence-electron chi connectivity index (χ4n) is 2.67. The number of sulfonamides is 1. The second-order valence-corrected chi connectivity index (χ2v) is 8.07. The molecule has 0 bridgehead atoms. The minimum atomic E-state index is -3.63. The van der Waals surface area contributed by atoms with Crippen LogP contribution in [-0.2, 0) is 21.8 Å². The second kappa shape index (κ2) is 8.19. The van der Waals surface area contributed by atoms with E-state index in [1.807, 2.05) is 13.0 Å². The molecule has 27 heavy (non-hydrogen) atoms. The van der Waals surface area contributed by atoms with Gasteiger partial charge >= 0.3 is 0 Å². The molecule has 0 radical (unpaired) electrons. The summed E-state index contributed by atoms with van der Waals surface area (Å²) in [4.78, 5) is 15.1. The fraction of sp³-hybridized carbons (Fsp3) is 0.562. The predicted molar refractivity (Wildman–Crippen MR) is 101 cm³/mol. The Labute approximate surface area is 159 Å². The number of nitrogens with zero attached hydrogens (tertiary/aromatic N) is 5. The SMILES string of the molecule is Cc1cc(N2CCOCC2)nc(NCCNS(=O)(=O)c2cn(C)c(C)n2)n1. The number of nitrogens with one attached hydrogen (secondary N) is 2. The molecule has 10 nitrogen and oxygen atoms in total. The maximum Gasteiger partial charge on any atom is 0.259 e. The van der Waals surface area contributed by atoms with Crippen LogP contribution in [0.3, 0.4) is 0 Å². The molecule has 0 spiro atoms. The summed E-state index contributed by atoms with van der Waals surface area (Å²) in [6, 6.07) is 1.93. The monoisotopic (exact) mass is 395 g/mol. The number of aryl methyl sites for hydroxylation is 3. The van der Waals surface area contributed by atoms with Crippen LogP contribution in [0.1, 0.15) is 11.5 Å². The Hall–Kier alpha value is -2.24. The van der Waals surface area contributed by atoms with Gasteiger partial charge in [-0.05, 0) is 13.8 Å². The van der Waals surface area contributed by atoms with E-state index in [1.54, 1.807) is 18.5 Å².